The second-order valence-corrected chi connectivity index (χ2v) is 19.3. The second-order valence-electron chi connectivity index (χ2n) is 17.2. The summed E-state index contributed by atoms with van der Waals surface area (Å²) in [6.07, 6.45) is -7.09. The number of hydrogen-bond donors (Lipinski definition) is 1. The molecule has 0 amide bonds. The van der Waals surface area contributed by atoms with E-state index in [4.69, 9.17) is 32.7 Å². The van der Waals surface area contributed by atoms with E-state index < -0.39 is 96.2 Å². The Kier molecular flexibility index (Phi) is 15.3. The fourth-order valence-electron chi connectivity index (χ4n) is 4.68. The van der Waals surface area contributed by atoms with Gasteiger partial charge in [-0.15, -0.1) is 0 Å². The molecule has 1 aromatic carbocycles. The monoisotopic (exact) mass is 755 g/mol. The molecule has 0 spiro atoms. The molecular formula is C38H62NO12P. The van der Waals surface area contributed by atoms with Crippen LogP contribution in [0.4, 0.5) is 0 Å². The lowest BCUT2D eigenvalue weighted by atomic mass is 9.92. The van der Waals surface area contributed by atoms with Crippen LogP contribution in [0.15, 0.2) is 24.3 Å². The first-order chi connectivity index (χ1) is 23.7. The predicted octanol–water partition coefficient (Wildman–Crippen LogP) is 7.04. The van der Waals surface area contributed by atoms with E-state index in [0.29, 0.717) is 5.56 Å². The van der Waals surface area contributed by atoms with Crippen LogP contribution in [0.5, 0.6) is 0 Å². The molecule has 1 unspecified atom stereocenters. The number of benzene rings is 1. The standard InChI is InChI=1S/C38H62NO12P/c1-16-46-52(44,47-17-2)30(24-20-18-23(3)19-21-24)39-29-28(51-34(43)38(13,14)15)27(50-33(42)37(10,11)12)26(49-32(41)36(7,8)9)25(48-29)22-45-31(40)35(4,5)6/h18-21,25-30,39H,16-17,22H2,1-15H3/t25-,26+,27+,28-,29-,30?/m1/s1. The van der Waals surface area contributed by atoms with Crippen LogP contribution in [-0.2, 0) is 56.5 Å². The number of nitrogens with one attached hydrogen (secondary N) is 1. The Morgan fingerprint density at radius 2 is 1.08 bits per heavy atom. The van der Waals surface area contributed by atoms with Crippen molar-refractivity contribution in [2.75, 3.05) is 19.8 Å². The van der Waals surface area contributed by atoms with Crippen molar-refractivity contribution in [3.8, 4) is 0 Å². The zero-order valence-corrected chi connectivity index (χ0v) is 34.6. The van der Waals surface area contributed by atoms with Crippen LogP contribution in [0.2, 0.25) is 0 Å². The summed E-state index contributed by atoms with van der Waals surface area (Å²) >= 11 is 0. The first kappa shape index (κ1) is 45.3. The summed E-state index contributed by atoms with van der Waals surface area (Å²) < 4.78 is 56.8. The number of aryl methyl sites for hydroxylation is 1. The zero-order valence-electron chi connectivity index (χ0n) is 33.7. The molecule has 14 heteroatoms. The molecule has 0 saturated carbocycles. The van der Waals surface area contributed by atoms with Crippen LogP contribution in [0, 0.1) is 28.6 Å². The molecule has 0 aliphatic carbocycles. The fraction of sp³-hybridized carbons (Fsp3) is 0.737. The topological polar surface area (TPSA) is 162 Å². The number of carbonyl (C=O) groups excluding carboxylic acids is 4. The van der Waals surface area contributed by atoms with E-state index in [9.17, 15) is 23.7 Å². The number of esters is 4. The molecule has 0 radical (unpaired) electrons. The van der Waals surface area contributed by atoms with Gasteiger partial charge in [-0.2, -0.15) is 0 Å². The molecule has 1 aliphatic heterocycles. The third-order valence-electron chi connectivity index (χ3n) is 7.84. The minimum Gasteiger partial charge on any atom is -0.462 e. The van der Waals surface area contributed by atoms with E-state index in [-0.39, 0.29) is 13.2 Å². The Morgan fingerprint density at radius 1 is 0.673 bits per heavy atom. The average molecular weight is 756 g/mol. The summed E-state index contributed by atoms with van der Waals surface area (Å²) in [5.41, 5.74) is -2.56. The summed E-state index contributed by atoms with van der Waals surface area (Å²) in [6.45, 7) is 24.8. The summed E-state index contributed by atoms with van der Waals surface area (Å²) in [7, 11) is -4.04. The first-order valence-electron chi connectivity index (χ1n) is 17.8. The summed E-state index contributed by atoms with van der Waals surface area (Å²) in [4.78, 5) is 53.9. The van der Waals surface area contributed by atoms with Crippen molar-refractivity contribution in [1.29, 1.82) is 0 Å². The van der Waals surface area contributed by atoms with Crippen LogP contribution in [0.1, 0.15) is 114 Å². The molecular weight excluding hydrogens is 693 g/mol. The number of ether oxygens (including phenoxy) is 5. The Hall–Kier alpha value is -2.83. The maximum atomic E-state index is 14.6. The van der Waals surface area contributed by atoms with Crippen LogP contribution >= 0.6 is 7.60 Å². The summed E-state index contributed by atoms with van der Waals surface area (Å²) in [5, 5.41) is 3.22. The van der Waals surface area contributed by atoms with Crippen molar-refractivity contribution >= 4 is 31.5 Å². The number of hydrogen-bond acceptors (Lipinski definition) is 13. The van der Waals surface area contributed by atoms with Gasteiger partial charge in [0.15, 0.2) is 24.5 Å². The van der Waals surface area contributed by atoms with Crippen LogP contribution in [0.25, 0.3) is 0 Å². The van der Waals surface area contributed by atoms with E-state index in [1.54, 1.807) is 109 Å². The van der Waals surface area contributed by atoms with Crippen molar-refractivity contribution in [2.45, 2.75) is 140 Å². The predicted molar refractivity (Wildman–Crippen MR) is 195 cm³/mol. The van der Waals surface area contributed by atoms with Gasteiger partial charge in [-0.3, -0.25) is 29.1 Å². The van der Waals surface area contributed by atoms with Gasteiger partial charge in [0.25, 0.3) is 0 Å². The highest BCUT2D eigenvalue weighted by molar-refractivity contribution is 7.54. The van der Waals surface area contributed by atoms with Crippen LogP contribution in [-0.4, -0.2) is 74.3 Å². The van der Waals surface area contributed by atoms with Gasteiger partial charge in [-0.05, 0) is 109 Å². The third-order valence-corrected chi connectivity index (χ3v) is 10.2. The van der Waals surface area contributed by atoms with Gasteiger partial charge in [-0.25, -0.2) is 0 Å². The highest BCUT2D eigenvalue weighted by atomic mass is 31.2. The molecule has 6 atom stereocenters. The van der Waals surface area contributed by atoms with Crippen LogP contribution in [0.3, 0.4) is 0 Å². The minimum absolute atomic E-state index is 0.0390. The normalized spacial score (nSPS) is 22.2. The molecule has 13 nitrogen and oxygen atoms in total. The molecule has 1 aromatic rings. The highest BCUT2D eigenvalue weighted by Crippen LogP contribution is 2.60. The van der Waals surface area contributed by atoms with Gasteiger partial charge >= 0.3 is 31.5 Å². The second kappa shape index (κ2) is 17.5. The average Bonchev–Trinajstić information content (AvgIpc) is 2.99. The summed E-state index contributed by atoms with van der Waals surface area (Å²) in [5.74, 6) is -3.82. The molecule has 296 valence electrons. The quantitative estimate of drug-likeness (QED) is 0.124. The molecule has 1 aliphatic rings. The molecule has 0 bridgehead atoms. The minimum atomic E-state index is -4.04. The van der Waals surface area contributed by atoms with Crippen molar-refractivity contribution in [2.24, 2.45) is 21.7 Å². The Morgan fingerprint density at radius 3 is 1.48 bits per heavy atom. The van der Waals surface area contributed by atoms with Crippen LogP contribution < -0.4 is 5.32 Å². The van der Waals surface area contributed by atoms with Gasteiger partial charge in [0.05, 0.1) is 34.9 Å². The lowest BCUT2D eigenvalue weighted by Gasteiger charge is -2.47. The maximum absolute atomic E-state index is 14.6. The molecule has 1 N–H and O–H groups in total. The molecule has 1 saturated heterocycles. The summed E-state index contributed by atoms with van der Waals surface area (Å²) in [6, 6.07) is 7.17. The van der Waals surface area contributed by atoms with Gasteiger partial charge in [0, 0.05) is 0 Å². The zero-order chi connectivity index (χ0) is 40.0. The maximum Gasteiger partial charge on any atom is 0.352 e. The molecule has 0 aromatic heterocycles. The van der Waals surface area contributed by atoms with E-state index in [2.05, 4.69) is 5.32 Å². The van der Waals surface area contributed by atoms with Gasteiger partial charge in [-0.1, -0.05) is 29.8 Å². The van der Waals surface area contributed by atoms with E-state index in [0.717, 1.165) is 5.56 Å². The Balaban J connectivity index is 2.93. The van der Waals surface area contributed by atoms with Crippen molar-refractivity contribution in [1.82, 2.24) is 5.32 Å². The van der Waals surface area contributed by atoms with Gasteiger partial charge < -0.3 is 32.7 Å². The van der Waals surface area contributed by atoms with Crippen molar-refractivity contribution < 1.29 is 56.5 Å². The van der Waals surface area contributed by atoms with Crippen molar-refractivity contribution in [3.05, 3.63) is 35.4 Å². The van der Waals surface area contributed by atoms with E-state index >= 15 is 0 Å². The van der Waals surface area contributed by atoms with E-state index in [1.807, 2.05) is 19.1 Å². The Labute approximate surface area is 310 Å². The lowest BCUT2D eigenvalue weighted by molar-refractivity contribution is -0.265. The molecule has 52 heavy (non-hydrogen) atoms. The molecule has 1 fully saturated rings. The largest absolute Gasteiger partial charge is 0.462 e. The third kappa shape index (κ3) is 12.4. The SMILES string of the molecule is CCOP(=O)(OCC)C(N[C@@H]1O[C@H](COC(=O)C(C)(C)C)[C@H](OC(=O)C(C)(C)C)[C@H](OC(=O)C(C)(C)C)[C@H]1OC(=O)C(C)(C)C)c1ccc(C)cc1. The lowest BCUT2D eigenvalue weighted by Crippen LogP contribution is -2.66. The smallest absolute Gasteiger partial charge is 0.352 e. The van der Waals surface area contributed by atoms with Gasteiger partial charge in [0.2, 0.25) is 0 Å². The first-order valence-corrected chi connectivity index (χ1v) is 19.4. The highest BCUT2D eigenvalue weighted by Gasteiger charge is 2.56. The van der Waals surface area contributed by atoms with Gasteiger partial charge in [0.1, 0.15) is 18.5 Å². The number of carbonyl (C=O) groups is 4. The molecule has 1 heterocycles. The van der Waals surface area contributed by atoms with Crippen molar-refractivity contribution in [3.63, 3.8) is 0 Å². The van der Waals surface area contributed by atoms with E-state index in [1.165, 1.54) is 0 Å². The fourth-order valence-corrected chi connectivity index (χ4v) is 6.64. The number of rotatable bonds is 13. The molecule has 2 rings (SSSR count). The Bertz CT molecular complexity index is 1420.